The Hall–Kier alpha value is -0.930. The number of ketones is 1. The minimum Gasteiger partial charge on any atom is -0.381 e. The molecular weight excluding hydrogens is 256 g/mol. The highest BCUT2D eigenvalue weighted by atomic mass is 79.9. The number of aliphatic hydroxyl groups is 1. The third kappa shape index (κ3) is 3.61. The summed E-state index contributed by atoms with van der Waals surface area (Å²) in [5.41, 5.74) is -0.387. The Morgan fingerprint density at radius 1 is 1.47 bits per heavy atom. The smallest absolute Gasteiger partial charge is 0.187 e. The normalized spacial score (nSPS) is 15.1. The van der Waals surface area contributed by atoms with Gasteiger partial charge in [0.15, 0.2) is 5.78 Å². The first kappa shape index (κ1) is 12.1. The lowest BCUT2D eigenvalue weighted by molar-refractivity contribution is -0.128. The molecule has 0 spiro atoms. The van der Waals surface area contributed by atoms with Crippen LogP contribution in [0, 0.1) is 0 Å². The lowest BCUT2D eigenvalue weighted by atomic mass is 10.0. The van der Waals surface area contributed by atoms with E-state index in [2.05, 4.69) is 15.9 Å². The summed E-state index contributed by atoms with van der Waals surface area (Å²) in [7, 11) is 0. The van der Waals surface area contributed by atoms with Crippen LogP contribution in [0.4, 0.5) is 0 Å². The first-order valence-electron chi connectivity index (χ1n) is 4.62. The van der Waals surface area contributed by atoms with Gasteiger partial charge in [0.1, 0.15) is 5.60 Å². The number of hydrogen-bond donors (Lipinski definition) is 1. The van der Waals surface area contributed by atoms with Gasteiger partial charge in [-0.05, 0) is 18.6 Å². The summed E-state index contributed by atoms with van der Waals surface area (Å²) < 4.78 is 0. The Bertz CT molecular complexity index is 355. The van der Waals surface area contributed by atoms with Crippen molar-refractivity contribution in [3.05, 3.63) is 42.0 Å². The van der Waals surface area contributed by atoms with Crippen molar-refractivity contribution in [3.8, 4) is 0 Å². The second-order valence-corrected chi connectivity index (χ2v) is 4.08. The molecule has 15 heavy (non-hydrogen) atoms. The highest BCUT2D eigenvalue weighted by Crippen LogP contribution is 2.11. The molecule has 0 aliphatic carbocycles. The number of carbonyl (C=O) groups is 1. The fourth-order valence-corrected chi connectivity index (χ4v) is 1.26. The fraction of sp³-hybridized carbons (Fsp3) is 0.250. The number of halogens is 1. The number of alkyl halides is 1. The quantitative estimate of drug-likeness (QED) is 0.673. The van der Waals surface area contributed by atoms with Gasteiger partial charge in [0.05, 0.1) is 0 Å². The standard InChI is InChI=1S/C12H13BrO2/c1-12(15,9-13)11(14)8-7-10-5-3-2-4-6-10/h2-8,15H,9H2,1H3/b8-7+. The van der Waals surface area contributed by atoms with Crippen molar-refractivity contribution in [1.29, 1.82) is 0 Å². The van der Waals surface area contributed by atoms with Crippen molar-refractivity contribution in [1.82, 2.24) is 0 Å². The SMILES string of the molecule is CC(O)(CBr)C(=O)/C=C/c1ccccc1. The molecule has 1 N–H and O–H groups in total. The van der Waals surface area contributed by atoms with Crippen molar-refractivity contribution >= 4 is 27.8 Å². The third-order valence-corrected chi connectivity index (χ3v) is 3.11. The Labute approximate surface area is 97.8 Å². The summed E-state index contributed by atoms with van der Waals surface area (Å²) in [5, 5.41) is 9.86. The zero-order valence-electron chi connectivity index (χ0n) is 8.48. The summed E-state index contributed by atoms with van der Waals surface area (Å²) in [6, 6.07) is 9.49. The van der Waals surface area contributed by atoms with Crippen LogP contribution in [-0.2, 0) is 4.79 Å². The van der Waals surface area contributed by atoms with Gasteiger partial charge in [-0.1, -0.05) is 52.3 Å². The Balaban J connectivity index is 2.71. The second-order valence-electron chi connectivity index (χ2n) is 3.52. The maximum atomic E-state index is 11.5. The van der Waals surface area contributed by atoms with Crippen molar-refractivity contribution in [2.24, 2.45) is 0 Å². The summed E-state index contributed by atoms with van der Waals surface area (Å²) in [6.07, 6.45) is 3.09. The number of hydrogen-bond acceptors (Lipinski definition) is 2. The number of carbonyl (C=O) groups excluding carboxylic acids is 1. The first-order chi connectivity index (χ1) is 7.06. The van der Waals surface area contributed by atoms with Crippen LogP contribution < -0.4 is 0 Å². The summed E-state index contributed by atoms with van der Waals surface area (Å²) in [5.74, 6) is -0.303. The zero-order valence-corrected chi connectivity index (χ0v) is 10.1. The molecule has 2 nitrogen and oxygen atoms in total. The second kappa shape index (κ2) is 5.24. The van der Waals surface area contributed by atoms with E-state index >= 15 is 0 Å². The monoisotopic (exact) mass is 268 g/mol. The van der Waals surface area contributed by atoms with Gasteiger partial charge in [0.25, 0.3) is 0 Å². The summed E-state index contributed by atoms with van der Waals surface area (Å²) in [4.78, 5) is 11.5. The topological polar surface area (TPSA) is 37.3 Å². The van der Waals surface area contributed by atoms with E-state index in [1.807, 2.05) is 30.3 Å². The van der Waals surface area contributed by atoms with E-state index < -0.39 is 5.60 Å². The van der Waals surface area contributed by atoms with Gasteiger partial charge < -0.3 is 5.11 Å². The molecule has 0 bridgehead atoms. The molecular formula is C12H13BrO2. The van der Waals surface area contributed by atoms with Crippen molar-refractivity contribution in [2.45, 2.75) is 12.5 Å². The molecule has 1 aromatic rings. The summed E-state index contributed by atoms with van der Waals surface area (Å²) >= 11 is 3.09. The minimum absolute atomic E-state index is 0.234. The van der Waals surface area contributed by atoms with Crippen LogP contribution in [-0.4, -0.2) is 21.8 Å². The van der Waals surface area contributed by atoms with Crippen molar-refractivity contribution in [2.75, 3.05) is 5.33 Å². The van der Waals surface area contributed by atoms with E-state index in [-0.39, 0.29) is 11.1 Å². The lowest BCUT2D eigenvalue weighted by Gasteiger charge is -2.15. The zero-order chi connectivity index (χ0) is 11.3. The van der Waals surface area contributed by atoms with E-state index in [9.17, 15) is 9.90 Å². The van der Waals surface area contributed by atoms with E-state index in [0.29, 0.717) is 0 Å². The van der Waals surface area contributed by atoms with Crippen molar-refractivity contribution < 1.29 is 9.90 Å². The van der Waals surface area contributed by atoms with Crippen LogP contribution in [0.25, 0.3) is 6.08 Å². The number of rotatable bonds is 4. The van der Waals surface area contributed by atoms with Crippen LogP contribution in [0.1, 0.15) is 12.5 Å². The molecule has 0 amide bonds. The molecule has 1 rings (SSSR count). The molecule has 0 aromatic heterocycles. The molecule has 0 radical (unpaired) electrons. The molecule has 1 atom stereocenters. The Morgan fingerprint density at radius 2 is 2.07 bits per heavy atom. The van der Waals surface area contributed by atoms with Gasteiger partial charge in [0, 0.05) is 5.33 Å². The van der Waals surface area contributed by atoms with Gasteiger partial charge in [-0.3, -0.25) is 4.79 Å². The van der Waals surface area contributed by atoms with Crippen LogP contribution in [0.2, 0.25) is 0 Å². The number of benzene rings is 1. The molecule has 0 aliphatic heterocycles. The Kier molecular flexibility index (Phi) is 4.24. The molecule has 1 unspecified atom stereocenters. The average molecular weight is 269 g/mol. The van der Waals surface area contributed by atoms with Gasteiger partial charge in [-0.2, -0.15) is 0 Å². The van der Waals surface area contributed by atoms with E-state index in [0.717, 1.165) is 5.56 Å². The Morgan fingerprint density at radius 3 is 2.60 bits per heavy atom. The predicted molar refractivity (Wildman–Crippen MR) is 64.9 cm³/mol. The molecule has 80 valence electrons. The lowest BCUT2D eigenvalue weighted by Crippen LogP contribution is -2.35. The van der Waals surface area contributed by atoms with Crippen LogP contribution in [0.15, 0.2) is 36.4 Å². The van der Waals surface area contributed by atoms with Crippen molar-refractivity contribution in [3.63, 3.8) is 0 Å². The summed E-state index contributed by atoms with van der Waals surface area (Å²) in [6.45, 7) is 1.49. The molecule has 3 heteroatoms. The van der Waals surface area contributed by atoms with E-state index in [4.69, 9.17) is 0 Å². The fourth-order valence-electron chi connectivity index (χ4n) is 0.981. The van der Waals surface area contributed by atoms with E-state index in [1.165, 1.54) is 13.0 Å². The first-order valence-corrected chi connectivity index (χ1v) is 5.74. The maximum absolute atomic E-state index is 11.5. The van der Waals surface area contributed by atoms with Gasteiger partial charge >= 0.3 is 0 Å². The van der Waals surface area contributed by atoms with Crippen LogP contribution >= 0.6 is 15.9 Å². The van der Waals surface area contributed by atoms with E-state index in [1.54, 1.807) is 6.08 Å². The van der Waals surface area contributed by atoms with Crippen LogP contribution in [0.3, 0.4) is 0 Å². The third-order valence-electron chi connectivity index (χ3n) is 2.02. The molecule has 0 heterocycles. The largest absolute Gasteiger partial charge is 0.381 e. The highest BCUT2D eigenvalue weighted by molar-refractivity contribution is 9.09. The average Bonchev–Trinajstić information content (AvgIpc) is 2.27. The molecule has 0 aliphatic rings. The maximum Gasteiger partial charge on any atom is 0.187 e. The van der Waals surface area contributed by atoms with Gasteiger partial charge in [0.2, 0.25) is 0 Å². The van der Waals surface area contributed by atoms with Crippen LogP contribution in [0.5, 0.6) is 0 Å². The van der Waals surface area contributed by atoms with Gasteiger partial charge in [-0.15, -0.1) is 0 Å². The predicted octanol–water partition coefficient (Wildman–Crippen LogP) is 2.41. The molecule has 0 saturated heterocycles. The minimum atomic E-state index is -1.33. The molecule has 1 aromatic carbocycles. The highest BCUT2D eigenvalue weighted by Gasteiger charge is 2.25. The molecule has 0 fully saturated rings. The van der Waals surface area contributed by atoms with Gasteiger partial charge in [-0.25, -0.2) is 0 Å². The molecule has 0 saturated carbocycles.